The predicted octanol–water partition coefficient (Wildman–Crippen LogP) is 0.531. The van der Waals surface area contributed by atoms with E-state index >= 15 is 0 Å². The second-order valence-corrected chi connectivity index (χ2v) is 3.55. The molecular formula is C9H14N2O3. The highest BCUT2D eigenvalue weighted by atomic mass is 16.5. The Morgan fingerprint density at radius 2 is 2.43 bits per heavy atom. The van der Waals surface area contributed by atoms with Crippen molar-refractivity contribution in [2.24, 2.45) is 5.92 Å². The van der Waals surface area contributed by atoms with Gasteiger partial charge in [-0.05, 0) is 18.8 Å². The summed E-state index contributed by atoms with van der Waals surface area (Å²) in [6.45, 7) is 1.48. The van der Waals surface area contributed by atoms with Crippen molar-refractivity contribution >= 4 is 0 Å². The van der Waals surface area contributed by atoms with Crippen molar-refractivity contribution in [1.82, 2.24) is 10.1 Å². The van der Waals surface area contributed by atoms with E-state index in [1.807, 2.05) is 0 Å². The highest BCUT2D eigenvalue weighted by Crippen LogP contribution is 2.17. The SMILES string of the molecule is OCc1noc(CC2CCCOC2)n1. The highest BCUT2D eigenvalue weighted by Gasteiger charge is 2.17. The molecule has 78 valence electrons. The third-order valence-electron chi connectivity index (χ3n) is 2.37. The van der Waals surface area contributed by atoms with Crippen LogP contribution >= 0.6 is 0 Å². The van der Waals surface area contributed by atoms with Crippen LogP contribution in [0.15, 0.2) is 4.52 Å². The molecule has 1 aromatic rings. The molecule has 1 atom stereocenters. The van der Waals surface area contributed by atoms with Crippen molar-refractivity contribution in [3.63, 3.8) is 0 Å². The number of hydrogen-bond acceptors (Lipinski definition) is 5. The summed E-state index contributed by atoms with van der Waals surface area (Å²) in [5.74, 6) is 1.44. The van der Waals surface area contributed by atoms with Gasteiger partial charge in [-0.2, -0.15) is 4.98 Å². The van der Waals surface area contributed by atoms with Gasteiger partial charge < -0.3 is 14.4 Å². The normalized spacial score (nSPS) is 22.5. The first-order chi connectivity index (χ1) is 6.88. The molecule has 0 bridgehead atoms. The predicted molar refractivity (Wildman–Crippen MR) is 47.5 cm³/mol. The number of ether oxygens (including phenoxy) is 1. The first-order valence-corrected chi connectivity index (χ1v) is 4.88. The van der Waals surface area contributed by atoms with Crippen LogP contribution in [0.25, 0.3) is 0 Å². The highest BCUT2D eigenvalue weighted by molar-refractivity contribution is 4.86. The van der Waals surface area contributed by atoms with Gasteiger partial charge in [-0.25, -0.2) is 0 Å². The smallest absolute Gasteiger partial charge is 0.227 e. The Bertz CT molecular complexity index is 281. The summed E-state index contributed by atoms with van der Waals surface area (Å²) in [5.41, 5.74) is 0. The Hall–Kier alpha value is -0.940. The van der Waals surface area contributed by atoms with Gasteiger partial charge in [0.15, 0.2) is 5.82 Å². The quantitative estimate of drug-likeness (QED) is 0.767. The lowest BCUT2D eigenvalue weighted by atomic mass is 9.99. The molecule has 0 aromatic carbocycles. The van der Waals surface area contributed by atoms with Crippen molar-refractivity contribution in [3.8, 4) is 0 Å². The van der Waals surface area contributed by atoms with Gasteiger partial charge in [-0.1, -0.05) is 5.16 Å². The van der Waals surface area contributed by atoms with E-state index in [4.69, 9.17) is 14.4 Å². The third-order valence-corrected chi connectivity index (χ3v) is 2.37. The Morgan fingerprint density at radius 3 is 3.07 bits per heavy atom. The van der Waals surface area contributed by atoms with Crippen molar-refractivity contribution < 1.29 is 14.4 Å². The fourth-order valence-electron chi connectivity index (χ4n) is 1.65. The van der Waals surface area contributed by atoms with E-state index in [1.54, 1.807) is 0 Å². The van der Waals surface area contributed by atoms with E-state index in [0.717, 1.165) is 32.5 Å². The number of hydrogen-bond donors (Lipinski definition) is 1. The molecule has 1 aliphatic rings. The Balaban J connectivity index is 1.89. The number of aromatic nitrogens is 2. The van der Waals surface area contributed by atoms with Crippen molar-refractivity contribution in [1.29, 1.82) is 0 Å². The third kappa shape index (κ3) is 2.30. The van der Waals surface area contributed by atoms with Crippen LogP contribution in [0.3, 0.4) is 0 Å². The van der Waals surface area contributed by atoms with E-state index in [-0.39, 0.29) is 6.61 Å². The minimum atomic E-state index is -0.162. The molecule has 1 saturated heterocycles. The van der Waals surface area contributed by atoms with Gasteiger partial charge in [0.1, 0.15) is 6.61 Å². The van der Waals surface area contributed by atoms with Crippen LogP contribution < -0.4 is 0 Å². The molecule has 1 fully saturated rings. The summed E-state index contributed by atoms with van der Waals surface area (Å²) >= 11 is 0. The van der Waals surface area contributed by atoms with Gasteiger partial charge in [-0.15, -0.1) is 0 Å². The largest absolute Gasteiger partial charge is 0.388 e. The Labute approximate surface area is 82.1 Å². The zero-order chi connectivity index (χ0) is 9.80. The summed E-state index contributed by atoms with van der Waals surface area (Å²) in [4.78, 5) is 4.04. The maximum absolute atomic E-state index is 8.75. The van der Waals surface area contributed by atoms with E-state index in [2.05, 4.69) is 10.1 Å². The van der Waals surface area contributed by atoms with E-state index in [0.29, 0.717) is 17.6 Å². The second-order valence-electron chi connectivity index (χ2n) is 3.55. The van der Waals surface area contributed by atoms with Crippen molar-refractivity contribution in [2.75, 3.05) is 13.2 Å². The fourth-order valence-corrected chi connectivity index (χ4v) is 1.65. The van der Waals surface area contributed by atoms with Crippen molar-refractivity contribution in [3.05, 3.63) is 11.7 Å². The lowest BCUT2D eigenvalue weighted by Gasteiger charge is -2.20. The molecule has 2 heterocycles. The zero-order valence-electron chi connectivity index (χ0n) is 7.98. The van der Waals surface area contributed by atoms with Gasteiger partial charge >= 0.3 is 0 Å². The second kappa shape index (κ2) is 4.52. The van der Waals surface area contributed by atoms with E-state index < -0.39 is 0 Å². The van der Waals surface area contributed by atoms with Gasteiger partial charge in [-0.3, -0.25) is 0 Å². The maximum Gasteiger partial charge on any atom is 0.227 e. The van der Waals surface area contributed by atoms with Gasteiger partial charge in [0.25, 0.3) is 0 Å². The molecule has 1 unspecified atom stereocenters. The minimum absolute atomic E-state index is 0.162. The molecule has 0 radical (unpaired) electrons. The topological polar surface area (TPSA) is 68.4 Å². The van der Waals surface area contributed by atoms with Crippen LogP contribution in [0.1, 0.15) is 24.6 Å². The molecule has 2 rings (SSSR count). The zero-order valence-corrected chi connectivity index (χ0v) is 7.98. The summed E-state index contributed by atoms with van der Waals surface area (Å²) in [5, 5.41) is 12.4. The van der Waals surface area contributed by atoms with Gasteiger partial charge in [0.2, 0.25) is 5.89 Å². The average Bonchev–Trinajstić information content (AvgIpc) is 2.67. The molecule has 1 aliphatic heterocycles. The minimum Gasteiger partial charge on any atom is -0.388 e. The molecule has 5 heteroatoms. The number of aliphatic hydroxyl groups is 1. The number of rotatable bonds is 3. The molecular weight excluding hydrogens is 184 g/mol. The lowest BCUT2D eigenvalue weighted by Crippen LogP contribution is -2.19. The first kappa shape index (κ1) is 9.61. The molecule has 0 amide bonds. The standard InChI is InChI=1S/C9H14N2O3/c12-5-8-10-9(14-11-8)4-7-2-1-3-13-6-7/h7,12H,1-6H2. The van der Waals surface area contributed by atoms with Crippen LogP contribution in [0.2, 0.25) is 0 Å². The van der Waals surface area contributed by atoms with Crippen LogP contribution in [0.5, 0.6) is 0 Å². The van der Waals surface area contributed by atoms with Gasteiger partial charge in [0, 0.05) is 19.6 Å². The molecule has 1 aromatic heterocycles. The molecule has 5 nitrogen and oxygen atoms in total. The number of nitrogens with zero attached hydrogens (tertiary/aromatic N) is 2. The van der Waals surface area contributed by atoms with Gasteiger partial charge in [0.05, 0.1) is 0 Å². The monoisotopic (exact) mass is 198 g/mol. The maximum atomic E-state index is 8.75. The summed E-state index contributed by atoms with van der Waals surface area (Å²) in [7, 11) is 0. The summed E-state index contributed by atoms with van der Waals surface area (Å²) < 4.78 is 10.3. The summed E-state index contributed by atoms with van der Waals surface area (Å²) in [6.07, 6.45) is 3.01. The summed E-state index contributed by atoms with van der Waals surface area (Å²) in [6, 6.07) is 0. The van der Waals surface area contributed by atoms with E-state index in [9.17, 15) is 0 Å². The average molecular weight is 198 g/mol. The molecule has 1 N–H and O–H groups in total. The molecule has 0 saturated carbocycles. The molecule has 14 heavy (non-hydrogen) atoms. The van der Waals surface area contributed by atoms with Crippen LogP contribution in [-0.2, 0) is 17.8 Å². The first-order valence-electron chi connectivity index (χ1n) is 4.88. The molecule has 0 spiro atoms. The van der Waals surface area contributed by atoms with Crippen LogP contribution in [0.4, 0.5) is 0 Å². The van der Waals surface area contributed by atoms with Crippen LogP contribution in [0, 0.1) is 5.92 Å². The number of aliphatic hydroxyl groups excluding tert-OH is 1. The van der Waals surface area contributed by atoms with E-state index in [1.165, 1.54) is 0 Å². The lowest BCUT2D eigenvalue weighted by molar-refractivity contribution is 0.0520. The Kier molecular flexibility index (Phi) is 3.10. The molecule has 0 aliphatic carbocycles. The fraction of sp³-hybridized carbons (Fsp3) is 0.778. The van der Waals surface area contributed by atoms with Crippen LogP contribution in [-0.4, -0.2) is 28.5 Å². The van der Waals surface area contributed by atoms with Crippen molar-refractivity contribution in [2.45, 2.75) is 25.9 Å². The Morgan fingerprint density at radius 1 is 1.50 bits per heavy atom.